The molecule has 6 nitrogen and oxygen atoms in total. The highest BCUT2D eigenvalue weighted by molar-refractivity contribution is 9.10. The number of hydrogen-bond acceptors (Lipinski definition) is 5. The normalized spacial score (nSPS) is 10.5. The molecule has 0 fully saturated rings. The van der Waals surface area contributed by atoms with Gasteiger partial charge in [0.2, 0.25) is 5.82 Å². The lowest BCUT2D eigenvalue weighted by Crippen LogP contribution is -1.94. The summed E-state index contributed by atoms with van der Waals surface area (Å²) in [6.07, 6.45) is 3.29. The van der Waals surface area contributed by atoms with Gasteiger partial charge < -0.3 is 9.63 Å². The zero-order valence-electron chi connectivity index (χ0n) is 10.5. The molecule has 0 amide bonds. The van der Waals surface area contributed by atoms with Crippen LogP contribution in [0.1, 0.15) is 10.4 Å². The number of nitrogens with zero attached hydrogens (tertiary/aromatic N) is 3. The van der Waals surface area contributed by atoms with Crippen molar-refractivity contribution in [3.05, 3.63) is 52.8 Å². The molecule has 1 aromatic carbocycles. The van der Waals surface area contributed by atoms with Crippen molar-refractivity contribution >= 4 is 21.9 Å². The van der Waals surface area contributed by atoms with Crippen molar-refractivity contribution in [1.82, 2.24) is 15.1 Å². The standard InChI is InChI=1S/C14H8BrN3O3/c15-11-5-10(6-16-7-11)12-17-13(21-18-12)8-1-3-9(4-2-8)14(19)20/h1-7H,(H,19,20). The van der Waals surface area contributed by atoms with Crippen LogP contribution in [0.15, 0.2) is 51.7 Å². The molecule has 2 heterocycles. The molecule has 1 N–H and O–H groups in total. The van der Waals surface area contributed by atoms with E-state index in [4.69, 9.17) is 9.63 Å². The van der Waals surface area contributed by atoms with E-state index < -0.39 is 5.97 Å². The summed E-state index contributed by atoms with van der Waals surface area (Å²) >= 11 is 3.33. The third kappa shape index (κ3) is 2.82. The van der Waals surface area contributed by atoms with Gasteiger partial charge in [-0.1, -0.05) is 5.16 Å². The largest absolute Gasteiger partial charge is 0.478 e. The van der Waals surface area contributed by atoms with Crippen molar-refractivity contribution < 1.29 is 14.4 Å². The van der Waals surface area contributed by atoms with Gasteiger partial charge in [-0.25, -0.2) is 4.79 Å². The topological polar surface area (TPSA) is 89.1 Å². The first-order valence-electron chi connectivity index (χ1n) is 5.92. The summed E-state index contributed by atoms with van der Waals surface area (Å²) in [5, 5.41) is 12.8. The molecular weight excluding hydrogens is 338 g/mol. The van der Waals surface area contributed by atoms with Crippen LogP contribution in [0.5, 0.6) is 0 Å². The van der Waals surface area contributed by atoms with Crippen LogP contribution >= 0.6 is 15.9 Å². The lowest BCUT2D eigenvalue weighted by Gasteiger charge is -1.96. The summed E-state index contributed by atoms with van der Waals surface area (Å²) in [4.78, 5) is 19.1. The quantitative estimate of drug-likeness (QED) is 0.783. The van der Waals surface area contributed by atoms with Crippen molar-refractivity contribution in [2.24, 2.45) is 0 Å². The molecule has 3 rings (SSSR count). The number of hydrogen-bond donors (Lipinski definition) is 1. The molecule has 104 valence electrons. The predicted molar refractivity (Wildman–Crippen MR) is 77.6 cm³/mol. The summed E-state index contributed by atoms with van der Waals surface area (Å²) in [5.41, 5.74) is 1.58. The molecule has 2 aromatic heterocycles. The van der Waals surface area contributed by atoms with E-state index in [2.05, 4.69) is 31.1 Å². The number of pyridine rings is 1. The number of carboxylic acid groups (broad SMARTS) is 1. The Morgan fingerprint density at radius 1 is 1.14 bits per heavy atom. The molecule has 0 aliphatic heterocycles. The van der Waals surface area contributed by atoms with Gasteiger partial charge in [-0.15, -0.1) is 0 Å². The molecule has 21 heavy (non-hydrogen) atoms. The average Bonchev–Trinajstić information content (AvgIpc) is 2.97. The number of benzene rings is 1. The van der Waals surface area contributed by atoms with Crippen molar-refractivity contribution in [1.29, 1.82) is 0 Å². The maximum atomic E-state index is 10.8. The Kier molecular flexibility index (Phi) is 3.49. The van der Waals surface area contributed by atoms with Crippen LogP contribution in [0.2, 0.25) is 0 Å². The summed E-state index contributed by atoms with van der Waals surface area (Å²) in [6.45, 7) is 0. The molecule has 0 atom stereocenters. The number of carboxylic acids is 1. The van der Waals surface area contributed by atoms with Crippen molar-refractivity contribution in [2.75, 3.05) is 0 Å². The average molecular weight is 346 g/mol. The Labute approximate surface area is 127 Å². The van der Waals surface area contributed by atoms with Gasteiger partial charge in [-0.05, 0) is 46.3 Å². The zero-order chi connectivity index (χ0) is 14.8. The third-order valence-corrected chi connectivity index (χ3v) is 3.20. The van der Waals surface area contributed by atoms with Gasteiger partial charge in [-0.3, -0.25) is 4.98 Å². The van der Waals surface area contributed by atoms with E-state index in [9.17, 15) is 4.79 Å². The molecule has 0 spiro atoms. The number of rotatable bonds is 3. The second-order valence-corrected chi connectivity index (χ2v) is 5.11. The summed E-state index contributed by atoms with van der Waals surface area (Å²) < 4.78 is 6.01. The maximum Gasteiger partial charge on any atom is 0.335 e. The van der Waals surface area contributed by atoms with Gasteiger partial charge in [0.15, 0.2) is 0 Å². The Morgan fingerprint density at radius 3 is 2.57 bits per heavy atom. The minimum atomic E-state index is -0.979. The minimum absolute atomic E-state index is 0.203. The van der Waals surface area contributed by atoms with Crippen LogP contribution in [-0.4, -0.2) is 26.2 Å². The molecule has 0 bridgehead atoms. The molecule has 0 aliphatic carbocycles. The Hall–Kier alpha value is -2.54. The van der Waals surface area contributed by atoms with Gasteiger partial charge in [0, 0.05) is 28.0 Å². The highest BCUT2D eigenvalue weighted by atomic mass is 79.9. The highest BCUT2D eigenvalue weighted by Gasteiger charge is 2.12. The van der Waals surface area contributed by atoms with Gasteiger partial charge in [-0.2, -0.15) is 4.98 Å². The van der Waals surface area contributed by atoms with Gasteiger partial charge in [0.05, 0.1) is 5.56 Å². The van der Waals surface area contributed by atoms with Crippen LogP contribution in [0.3, 0.4) is 0 Å². The Bertz CT molecular complexity index is 799. The van der Waals surface area contributed by atoms with Crippen LogP contribution in [0.4, 0.5) is 0 Å². The first-order valence-corrected chi connectivity index (χ1v) is 6.71. The lowest BCUT2D eigenvalue weighted by molar-refractivity contribution is 0.0697. The number of aromatic nitrogens is 3. The minimum Gasteiger partial charge on any atom is -0.478 e. The second kappa shape index (κ2) is 5.45. The number of aromatic carboxylic acids is 1. The summed E-state index contributed by atoms with van der Waals surface area (Å²) in [5.74, 6) is -0.240. The second-order valence-electron chi connectivity index (χ2n) is 4.20. The first kappa shape index (κ1) is 13.4. The smallest absolute Gasteiger partial charge is 0.335 e. The zero-order valence-corrected chi connectivity index (χ0v) is 12.1. The van der Waals surface area contributed by atoms with Crippen molar-refractivity contribution in [3.8, 4) is 22.8 Å². The fourth-order valence-corrected chi connectivity index (χ4v) is 2.11. The molecule has 0 aliphatic rings. The monoisotopic (exact) mass is 345 g/mol. The van der Waals surface area contributed by atoms with E-state index in [-0.39, 0.29) is 5.56 Å². The van der Waals surface area contributed by atoms with E-state index in [1.165, 1.54) is 12.1 Å². The van der Waals surface area contributed by atoms with E-state index >= 15 is 0 Å². The van der Waals surface area contributed by atoms with E-state index in [1.807, 2.05) is 6.07 Å². The van der Waals surface area contributed by atoms with E-state index in [0.29, 0.717) is 17.3 Å². The molecule has 3 aromatic rings. The van der Waals surface area contributed by atoms with E-state index in [0.717, 1.165) is 10.0 Å². The molecule has 0 unspecified atom stereocenters. The molecule has 7 heteroatoms. The fourth-order valence-electron chi connectivity index (χ4n) is 1.75. The van der Waals surface area contributed by atoms with Gasteiger partial charge >= 0.3 is 5.97 Å². The Morgan fingerprint density at radius 2 is 1.90 bits per heavy atom. The molecule has 0 radical (unpaired) electrons. The predicted octanol–water partition coefficient (Wildman–Crippen LogP) is 3.26. The van der Waals surface area contributed by atoms with Crippen molar-refractivity contribution in [3.63, 3.8) is 0 Å². The Balaban J connectivity index is 1.93. The van der Waals surface area contributed by atoms with E-state index in [1.54, 1.807) is 24.5 Å². The first-order chi connectivity index (χ1) is 10.1. The molecular formula is C14H8BrN3O3. The van der Waals surface area contributed by atoms with Gasteiger partial charge in [0.1, 0.15) is 0 Å². The number of carbonyl (C=O) groups is 1. The summed E-state index contributed by atoms with van der Waals surface area (Å²) in [7, 11) is 0. The van der Waals surface area contributed by atoms with Crippen molar-refractivity contribution in [2.45, 2.75) is 0 Å². The fraction of sp³-hybridized carbons (Fsp3) is 0. The third-order valence-electron chi connectivity index (χ3n) is 2.77. The van der Waals surface area contributed by atoms with Crippen LogP contribution < -0.4 is 0 Å². The van der Waals surface area contributed by atoms with Gasteiger partial charge in [0.25, 0.3) is 5.89 Å². The maximum absolute atomic E-state index is 10.8. The highest BCUT2D eigenvalue weighted by Crippen LogP contribution is 2.23. The van der Waals surface area contributed by atoms with Crippen LogP contribution in [0, 0.1) is 0 Å². The number of halogens is 1. The SMILES string of the molecule is O=C(O)c1ccc(-c2nc(-c3cncc(Br)c3)no2)cc1. The summed E-state index contributed by atoms with van der Waals surface area (Å²) in [6, 6.07) is 8.05. The molecule has 0 saturated heterocycles. The lowest BCUT2D eigenvalue weighted by atomic mass is 10.1. The van der Waals surface area contributed by atoms with Crippen LogP contribution in [0.25, 0.3) is 22.8 Å². The molecule has 0 saturated carbocycles. The van der Waals surface area contributed by atoms with Crippen LogP contribution in [-0.2, 0) is 0 Å².